The number of ether oxygens (including phenoxy) is 2. The number of nitrogens with zero attached hydrogens (tertiary/aromatic N) is 1. The van der Waals surface area contributed by atoms with E-state index in [1.54, 1.807) is 0 Å². The van der Waals surface area contributed by atoms with Gasteiger partial charge >= 0.3 is 0 Å². The molecule has 1 aromatic carbocycles. The van der Waals surface area contributed by atoms with Crippen molar-refractivity contribution in [3.8, 4) is 5.75 Å². The zero-order valence-corrected chi connectivity index (χ0v) is 12.7. The first-order chi connectivity index (χ1) is 9.29. The van der Waals surface area contributed by atoms with Crippen LogP contribution in [0.3, 0.4) is 0 Å². The first-order valence-corrected chi connectivity index (χ1v) is 7.95. The summed E-state index contributed by atoms with van der Waals surface area (Å²) in [6.45, 7) is 0.243. The number of nitro benzene ring substituents is 1. The summed E-state index contributed by atoms with van der Waals surface area (Å²) in [6.07, 6.45) is 0. The zero-order chi connectivity index (χ0) is 15.2. The highest BCUT2D eigenvalue weighted by Crippen LogP contribution is 2.29. The summed E-state index contributed by atoms with van der Waals surface area (Å²) in [4.78, 5) is 10.1. The van der Waals surface area contributed by atoms with Gasteiger partial charge in [-0.1, -0.05) is 0 Å². The normalized spacial score (nSPS) is 11.3. The molecule has 8 nitrogen and oxygen atoms in total. The van der Waals surface area contributed by atoms with Gasteiger partial charge in [-0.3, -0.25) is 10.1 Å². The Morgan fingerprint density at radius 3 is 2.60 bits per heavy atom. The van der Waals surface area contributed by atoms with Crippen molar-refractivity contribution >= 4 is 31.6 Å². The number of hydrogen-bond donors (Lipinski definition) is 1. The number of primary sulfonamides is 1. The van der Waals surface area contributed by atoms with E-state index < -0.39 is 14.9 Å². The molecule has 112 valence electrons. The van der Waals surface area contributed by atoms with Crippen molar-refractivity contribution in [3.63, 3.8) is 0 Å². The third kappa shape index (κ3) is 6.28. The van der Waals surface area contributed by atoms with E-state index >= 15 is 0 Å². The van der Waals surface area contributed by atoms with Crippen molar-refractivity contribution in [2.75, 3.05) is 25.6 Å². The minimum absolute atomic E-state index is 0.0295. The number of halogens is 1. The Morgan fingerprint density at radius 2 is 2.00 bits per heavy atom. The van der Waals surface area contributed by atoms with Crippen LogP contribution < -0.4 is 9.88 Å². The summed E-state index contributed by atoms with van der Waals surface area (Å²) in [5, 5.41) is 15.4. The van der Waals surface area contributed by atoms with Crippen LogP contribution in [-0.4, -0.2) is 38.9 Å². The molecule has 2 N–H and O–H groups in total. The van der Waals surface area contributed by atoms with Crippen LogP contribution in [0, 0.1) is 10.1 Å². The molecule has 0 spiro atoms. The van der Waals surface area contributed by atoms with Crippen LogP contribution in [0.4, 0.5) is 5.69 Å². The van der Waals surface area contributed by atoms with E-state index in [1.165, 1.54) is 18.2 Å². The minimum atomic E-state index is -3.53. The van der Waals surface area contributed by atoms with Gasteiger partial charge in [0.1, 0.15) is 12.4 Å². The van der Waals surface area contributed by atoms with Crippen molar-refractivity contribution < 1.29 is 22.8 Å². The van der Waals surface area contributed by atoms with E-state index in [0.29, 0.717) is 10.2 Å². The number of benzene rings is 1. The monoisotopic (exact) mass is 368 g/mol. The van der Waals surface area contributed by atoms with E-state index in [0.717, 1.165) is 0 Å². The molecule has 10 heteroatoms. The van der Waals surface area contributed by atoms with Crippen molar-refractivity contribution in [1.82, 2.24) is 0 Å². The smallest absolute Gasteiger partial charge is 0.273 e. The van der Waals surface area contributed by atoms with Crippen LogP contribution in [0.25, 0.3) is 0 Å². The lowest BCUT2D eigenvalue weighted by molar-refractivity contribution is -0.385. The molecule has 0 saturated carbocycles. The largest absolute Gasteiger partial charge is 0.490 e. The molecule has 0 aliphatic carbocycles. The number of non-ortho nitro benzene ring substituents is 1. The molecule has 0 aliphatic rings. The van der Waals surface area contributed by atoms with E-state index in [4.69, 9.17) is 14.6 Å². The highest BCUT2D eigenvalue weighted by Gasteiger charge is 2.10. The molecule has 0 bridgehead atoms. The molecule has 0 aliphatic heterocycles. The van der Waals surface area contributed by atoms with Gasteiger partial charge in [0, 0.05) is 6.07 Å². The fourth-order valence-electron chi connectivity index (χ4n) is 1.20. The predicted molar refractivity (Wildman–Crippen MR) is 75.1 cm³/mol. The molecule has 20 heavy (non-hydrogen) atoms. The maximum atomic E-state index is 10.6. The summed E-state index contributed by atoms with van der Waals surface area (Å²) < 4.78 is 32.2. The van der Waals surface area contributed by atoms with Gasteiger partial charge in [-0.2, -0.15) is 0 Å². The van der Waals surface area contributed by atoms with Crippen LogP contribution in [0.2, 0.25) is 0 Å². The van der Waals surface area contributed by atoms with Crippen LogP contribution >= 0.6 is 15.9 Å². The SMILES string of the molecule is NS(=O)(=O)CCOCCOc1cc([N+](=O)[O-])ccc1Br. The molecular formula is C10H13BrN2O6S. The average molecular weight is 369 g/mol. The molecule has 0 heterocycles. The van der Waals surface area contributed by atoms with E-state index in [1.807, 2.05) is 0 Å². The Hall–Kier alpha value is -1.23. The molecular weight excluding hydrogens is 356 g/mol. The summed E-state index contributed by atoms with van der Waals surface area (Å²) in [5.41, 5.74) is -0.0849. The Kier molecular flexibility index (Phi) is 6.33. The Labute approximate surface area is 124 Å². The molecule has 0 radical (unpaired) electrons. The maximum absolute atomic E-state index is 10.6. The molecule has 0 aromatic heterocycles. The van der Waals surface area contributed by atoms with Gasteiger partial charge in [-0.25, -0.2) is 13.6 Å². The fraction of sp³-hybridized carbons (Fsp3) is 0.400. The second kappa shape index (κ2) is 7.53. The maximum Gasteiger partial charge on any atom is 0.273 e. The summed E-state index contributed by atoms with van der Waals surface area (Å²) >= 11 is 3.20. The third-order valence-corrected chi connectivity index (χ3v) is 3.51. The third-order valence-electron chi connectivity index (χ3n) is 2.12. The molecule has 0 unspecified atom stereocenters. The number of rotatable bonds is 8. The van der Waals surface area contributed by atoms with Crippen molar-refractivity contribution in [1.29, 1.82) is 0 Å². The summed E-state index contributed by atoms with van der Waals surface area (Å²) in [5.74, 6) is 0.0438. The molecule has 1 rings (SSSR count). The lowest BCUT2D eigenvalue weighted by atomic mass is 10.3. The quantitative estimate of drug-likeness (QED) is 0.415. The average Bonchev–Trinajstić information content (AvgIpc) is 2.34. The minimum Gasteiger partial charge on any atom is -0.490 e. The number of nitro groups is 1. The van der Waals surface area contributed by atoms with Crippen molar-refractivity contribution in [3.05, 3.63) is 32.8 Å². The number of hydrogen-bond acceptors (Lipinski definition) is 6. The fourth-order valence-corrected chi connectivity index (χ4v) is 1.92. The molecule has 1 aromatic rings. The molecule has 0 amide bonds. The van der Waals surface area contributed by atoms with E-state index in [2.05, 4.69) is 15.9 Å². The second-order valence-electron chi connectivity index (χ2n) is 3.70. The second-order valence-corrected chi connectivity index (χ2v) is 6.29. The van der Waals surface area contributed by atoms with Crippen LogP contribution in [-0.2, 0) is 14.8 Å². The van der Waals surface area contributed by atoms with Crippen molar-refractivity contribution in [2.24, 2.45) is 5.14 Å². The zero-order valence-electron chi connectivity index (χ0n) is 10.3. The molecule has 0 atom stereocenters. The standard InChI is InChI=1S/C10H13BrN2O6S/c11-9-2-1-8(13(14)15)7-10(9)19-4-3-18-5-6-20(12,16)17/h1-2,7H,3-6H2,(H2,12,16,17). The first-order valence-electron chi connectivity index (χ1n) is 5.44. The van der Waals surface area contributed by atoms with Gasteiger partial charge < -0.3 is 9.47 Å². The van der Waals surface area contributed by atoms with Gasteiger partial charge in [-0.05, 0) is 22.0 Å². The number of sulfonamides is 1. The Morgan fingerprint density at radius 1 is 1.30 bits per heavy atom. The van der Waals surface area contributed by atoms with Crippen LogP contribution in [0.15, 0.2) is 22.7 Å². The van der Waals surface area contributed by atoms with E-state index in [9.17, 15) is 18.5 Å². The van der Waals surface area contributed by atoms with Gasteiger partial charge in [0.25, 0.3) is 5.69 Å². The lowest BCUT2D eigenvalue weighted by Gasteiger charge is -2.08. The highest BCUT2D eigenvalue weighted by molar-refractivity contribution is 9.10. The van der Waals surface area contributed by atoms with Gasteiger partial charge in [0.2, 0.25) is 10.0 Å². The summed E-state index contributed by atoms with van der Waals surface area (Å²) in [7, 11) is -3.53. The summed E-state index contributed by atoms with van der Waals surface area (Å²) in [6, 6.07) is 4.14. The Bertz CT molecular complexity index is 577. The number of nitrogens with two attached hydrogens (primary N) is 1. The lowest BCUT2D eigenvalue weighted by Crippen LogP contribution is -2.21. The van der Waals surface area contributed by atoms with Gasteiger partial charge in [-0.15, -0.1) is 0 Å². The molecule has 0 fully saturated rings. The van der Waals surface area contributed by atoms with E-state index in [-0.39, 0.29) is 31.3 Å². The Balaban J connectivity index is 2.38. The topological polar surface area (TPSA) is 122 Å². The first kappa shape index (κ1) is 16.8. The predicted octanol–water partition coefficient (Wildman–Crippen LogP) is 1.04. The highest BCUT2D eigenvalue weighted by atomic mass is 79.9. The van der Waals surface area contributed by atoms with Gasteiger partial charge in [0.05, 0.1) is 34.4 Å². The van der Waals surface area contributed by atoms with Crippen molar-refractivity contribution in [2.45, 2.75) is 0 Å². The van der Waals surface area contributed by atoms with Crippen LogP contribution in [0.1, 0.15) is 0 Å². The molecule has 0 saturated heterocycles. The van der Waals surface area contributed by atoms with Crippen LogP contribution in [0.5, 0.6) is 5.75 Å². The van der Waals surface area contributed by atoms with Gasteiger partial charge in [0.15, 0.2) is 0 Å².